The van der Waals surface area contributed by atoms with Crippen LogP contribution in [-0.2, 0) is 9.59 Å². The van der Waals surface area contributed by atoms with Crippen LogP contribution < -0.4 is 14.8 Å². The highest BCUT2D eigenvalue weighted by atomic mass is 16.5. The predicted octanol–water partition coefficient (Wildman–Crippen LogP) is 2.46. The second-order valence-corrected chi connectivity index (χ2v) is 8.50. The van der Waals surface area contributed by atoms with Crippen LogP contribution in [0.2, 0.25) is 0 Å². The van der Waals surface area contributed by atoms with Crippen LogP contribution in [0, 0.1) is 5.92 Å². The number of nitrogens with zero attached hydrogens (tertiary/aromatic N) is 2. The summed E-state index contributed by atoms with van der Waals surface area (Å²) < 4.78 is 11.5. The minimum Gasteiger partial charge on any atom is -0.490 e. The third-order valence-corrected chi connectivity index (χ3v) is 6.09. The first-order valence-electron chi connectivity index (χ1n) is 11.7. The molecule has 0 bridgehead atoms. The maximum Gasteiger partial charge on any atom is 0.260 e. The quantitative estimate of drug-likeness (QED) is 0.664. The van der Waals surface area contributed by atoms with Crippen molar-refractivity contribution < 1.29 is 23.9 Å². The molecule has 2 heterocycles. The van der Waals surface area contributed by atoms with Crippen molar-refractivity contribution >= 4 is 17.7 Å². The second-order valence-electron chi connectivity index (χ2n) is 8.50. The molecule has 0 atom stereocenters. The topological polar surface area (TPSA) is 88.2 Å². The van der Waals surface area contributed by atoms with E-state index >= 15 is 0 Å². The normalized spacial score (nSPS) is 17.1. The number of amides is 3. The lowest BCUT2D eigenvalue weighted by atomic mass is 9.96. The van der Waals surface area contributed by atoms with E-state index in [0.29, 0.717) is 49.2 Å². The second kappa shape index (κ2) is 11.7. The van der Waals surface area contributed by atoms with Crippen molar-refractivity contribution in [3.05, 3.63) is 23.8 Å². The van der Waals surface area contributed by atoms with Crippen LogP contribution in [0.1, 0.15) is 56.3 Å². The fraction of sp³-hybridized carbons (Fsp3) is 0.625. The molecular formula is C24H35N3O5. The van der Waals surface area contributed by atoms with Gasteiger partial charge in [-0.1, -0.05) is 0 Å². The molecular weight excluding hydrogens is 410 g/mol. The van der Waals surface area contributed by atoms with Gasteiger partial charge in [0.1, 0.15) is 0 Å². The fourth-order valence-corrected chi connectivity index (χ4v) is 4.21. The summed E-state index contributed by atoms with van der Waals surface area (Å²) >= 11 is 0. The lowest BCUT2D eigenvalue weighted by Gasteiger charge is -2.32. The van der Waals surface area contributed by atoms with E-state index in [-0.39, 0.29) is 24.3 Å². The Morgan fingerprint density at radius 3 is 2.34 bits per heavy atom. The Bertz CT molecular complexity index is 799. The number of piperidine rings is 2. The average molecular weight is 446 g/mol. The molecule has 176 valence electrons. The molecule has 1 aromatic rings. The summed E-state index contributed by atoms with van der Waals surface area (Å²) in [5, 5.41) is 2.86. The maximum atomic E-state index is 13.0. The summed E-state index contributed by atoms with van der Waals surface area (Å²) in [6.45, 7) is 7.35. The van der Waals surface area contributed by atoms with Crippen molar-refractivity contribution in [2.75, 3.05) is 45.9 Å². The van der Waals surface area contributed by atoms with Crippen LogP contribution in [0.4, 0.5) is 0 Å². The molecule has 8 heteroatoms. The molecule has 0 spiro atoms. The number of hydrogen-bond donors (Lipinski definition) is 1. The zero-order valence-electron chi connectivity index (χ0n) is 19.2. The minimum atomic E-state index is -0.0418. The van der Waals surface area contributed by atoms with Crippen LogP contribution in [-0.4, -0.2) is 73.5 Å². The maximum absolute atomic E-state index is 13.0. The Morgan fingerprint density at radius 1 is 0.969 bits per heavy atom. The fourth-order valence-electron chi connectivity index (χ4n) is 4.21. The Kier molecular flexibility index (Phi) is 8.76. The van der Waals surface area contributed by atoms with E-state index < -0.39 is 0 Å². The molecule has 0 saturated carbocycles. The Labute approximate surface area is 190 Å². The van der Waals surface area contributed by atoms with Gasteiger partial charge in [-0.05, 0) is 63.1 Å². The van der Waals surface area contributed by atoms with Crippen molar-refractivity contribution in [2.24, 2.45) is 5.92 Å². The van der Waals surface area contributed by atoms with E-state index in [9.17, 15) is 14.4 Å². The van der Waals surface area contributed by atoms with Gasteiger partial charge in [-0.25, -0.2) is 0 Å². The summed E-state index contributed by atoms with van der Waals surface area (Å²) in [4.78, 5) is 40.2. The van der Waals surface area contributed by atoms with Crippen LogP contribution in [0.3, 0.4) is 0 Å². The monoisotopic (exact) mass is 445 g/mol. The first-order chi connectivity index (χ1) is 15.5. The number of nitrogens with one attached hydrogen (secondary N) is 1. The number of hydrogen-bond acceptors (Lipinski definition) is 5. The highest BCUT2D eigenvalue weighted by molar-refractivity contribution is 5.95. The van der Waals surface area contributed by atoms with Gasteiger partial charge in [0.2, 0.25) is 5.91 Å². The average Bonchev–Trinajstić information content (AvgIpc) is 2.82. The number of benzene rings is 1. The van der Waals surface area contributed by atoms with E-state index in [4.69, 9.17) is 9.47 Å². The van der Waals surface area contributed by atoms with Crippen LogP contribution >= 0.6 is 0 Å². The Morgan fingerprint density at radius 2 is 1.69 bits per heavy atom. The zero-order valence-corrected chi connectivity index (χ0v) is 19.2. The summed E-state index contributed by atoms with van der Waals surface area (Å²) in [7, 11) is 0. The van der Waals surface area contributed by atoms with E-state index in [2.05, 4.69) is 5.32 Å². The summed E-state index contributed by atoms with van der Waals surface area (Å²) in [5.41, 5.74) is 0.545. The molecule has 1 aromatic carbocycles. The molecule has 32 heavy (non-hydrogen) atoms. The molecule has 0 unspecified atom stereocenters. The SMILES string of the molecule is CCOc1cc(C(=O)N2CCC(CNC(C)=O)CC2)ccc1OCC(=O)N1CCCCC1. The number of carbonyl (C=O) groups is 3. The Hall–Kier alpha value is -2.77. The molecule has 2 aliphatic rings. The molecule has 1 N–H and O–H groups in total. The summed E-state index contributed by atoms with van der Waals surface area (Å²) in [5.74, 6) is 1.27. The molecule has 0 radical (unpaired) electrons. The number of rotatable bonds is 8. The third kappa shape index (κ3) is 6.61. The lowest BCUT2D eigenvalue weighted by molar-refractivity contribution is -0.134. The lowest BCUT2D eigenvalue weighted by Crippen LogP contribution is -2.41. The molecule has 8 nitrogen and oxygen atoms in total. The van der Waals surface area contributed by atoms with Crippen molar-refractivity contribution in [3.63, 3.8) is 0 Å². The van der Waals surface area contributed by atoms with Crippen molar-refractivity contribution in [3.8, 4) is 11.5 Å². The molecule has 0 aliphatic carbocycles. The van der Waals surface area contributed by atoms with Crippen LogP contribution in [0.15, 0.2) is 18.2 Å². The van der Waals surface area contributed by atoms with Crippen molar-refractivity contribution in [2.45, 2.75) is 46.0 Å². The predicted molar refractivity (Wildman–Crippen MR) is 121 cm³/mol. The van der Waals surface area contributed by atoms with E-state index in [1.165, 1.54) is 13.3 Å². The summed E-state index contributed by atoms with van der Waals surface area (Å²) in [6, 6.07) is 5.15. The molecule has 0 aromatic heterocycles. The first-order valence-corrected chi connectivity index (χ1v) is 11.7. The minimum absolute atomic E-state index is 0.0190. The largest absolute Gasteiger partial charge is 0.490 e. The third-order valence-electron chi connectivity index (χ3n) is 6.09. The Balaban J connectivity index is 1.58. The molecule has 2 aliphatic heterocycles. The molecule has 2 fully saturated rings. The molecule has 3 amide bonds. The van der Waals surface area contributed by atoms with Gasteiger partial charge in [-0.2, -0.15) is 0 Å². The number of likely N-dealkylation sites (tertiary alicyclic amines) is 2. The van der Waals surface area contributed by atoms with Gasteiger partial charge >= 0.3 is 0 Å². The van der Waals surface area contributed by atoms with E-state index in [1.807, 2.05) is 16.7 Å². The first kappa shape index (κ1) is 23.9. The van der Waals surface area contributed by atoms with Gasteiger partial charge < -0.3 is 24.6 Å². The molecule has 3 rings (SSSR count). The van der Waals surface area contributed by atoms with E-state index in [0.717, 1.165) is 38.8 Å². The van der Waals surface area contributed by atoms with Crippen molar-refractivity contribution in [1.29, 1.82) is 0 Å². The zero-order chi connectivity index (χ0) is 22.9. The number of carbonyl (C=O) groups excluding carboxylic acids is 3. The highest BCUT2D eigenvalue weighted by Gasteiger charge is 2.25. The molecule has 2 saturated heterocycles. The van der Waals surface area contributed by atoms with Crippen LogP contribution in [0.25, 0.3) is 0 Å². The van der Waals surface area contributed by atoms with Gasteiger partial charge in [0.25, 0.3) is 11.8 Å². The van der Waals surface area contributed by atoms with E-state index in [1.54, 1.807) is 18.2 Å². The van der Waals surface area contributed by atoms with Gasteiger partial charge in [0, 0.05) is 45.2 Å². The van der Waals surface area contributed by atoms with Gasteiger partial charge in [-0.15, -0.1) is 0 Å². The number of ether oxygens (including phenoxy) is 2. The van der Waals surface area contributed by atoms with Gasteiger partial charge in [-0.3, -0.25) is 14.4 Å². The highest BCUT2D eigenvalue weighted by Crippen LogP contribution is 2.30. The summed E-state index contributed by atoms with van der Waals surface area (Å²) in [6.07, 6.45) is 4.98. The van der Waals surface area contributed by atoms with Gasteiger partial charge in [0.15, 0.2) is 18.1 Å². The van der Waals surface area contributed by atoms with Crippen molar-refractivity contribution in [1.82, 2.24) is 15.1 Å². The smallest absolute Gasteiger partial charge is 0.260 e. The standard InChI is InChI=1S/C24H35N3O5/c1-3-31-22-15-20(24(30)27-13-9-19(10-14-27)16-25-18(2)28)7-8-21(22)32-17-23(29)26-11-5-4-6-12-26/h7-8,15,19H,3-6,9-14,16-17H2,1-2H3,(H,25,28). The van der Waals surface area contributed by atoms with Crippen LogP contribution in [0.5, 0.6) is 11.5 Å². The van der Waals surface area contributed by atoms with Gasteiger partial charge in [0.05, 0.1) is 6.61 Å².